The molecule has 3 amide bonds. The van der Waals surface area contributed by atoms with Crippen LogP contribution in [0.15, 0.2) is 78.9 Å². The maximum atomic E-state index is 13.7. The molecule has 0 saturated heterocycles. The molecular weight excluding hydrogens is 622 g/mol. The molecule has 0 aliphatic heterocycles. The van der Waals surface area contributed by atoms with Crippen molar-refractivity contribution in [1.82, 2.24) is 20.7 Å². The zero-order valence-electron chi connectivity index (χ0n) is 26.7. The first kappa shape index (κ1) is 36.7. The zero-order chi connectivity index (χ0) is 34.6. The number of amidine groups is 1. The minimum atomic E-state index is -4.08. The summed E-state index contributed by atoms with van der Waals surface area (Å²) in [5.74, 6) is -1.86. The number of ether oxygens (including phenoxy) is 1. The van der Waals surface area contributed by atoms with Crippen LogP contribution in [0.25, 0.3) is 0 Å². The molecule has 9 N–H and O–H groups in total. The zero-order valence-corrected chi connectivity index (χ0v) is 27.5. The summed E-state index contributed by atoms with van der Waals surface area (Å²) in [5, 5.41) is 15.5. The predicted octanol–water partition coefficient (Wildman–Crippen LogP) is 1.79. The van der Waals surface area contributed by atoms with Gasteiger partial charge in [0.25, 0.3) is 0 Å². The van der Waals surface area contributed by atoms with Crippen LogP contribution < -0.4 is 32.1 Å². The fourth-order valence-corrected chi connectivity index (χ4v) is 5.79. The van der Waals surface area contributed by atoms with Crippen molar-refractivity contribution in [2.24, 2.45) is 11.5 Å². The molecule has 0 heterocycles. The molecule has 0 aromatic heterocycles. The van der Waals surface area contributed by atoms with Crippen molar-refractivity contribution in [2.75, 3.05) is 6.54 Å². The SMILES string of the molecule is CC(C)(C)OC(=O)NCC(NS(=O)(=O)Cc1ccccc1)C(=O)NC(Cc1cccc(CN)c1)C(=O)NCc1ccc(C(=N)N)cc1. The molecule has 47 heavy (non-hydrogen) atoms. The molecule has 0 aliphatic carbocycles. The van der Waals surface area contributed by atoms with Crippen molar-refractivity contribution >= 4 is 33.8 Å². The van der Waals surface area contributed by atoms with E-state index in [1.54, 1.807) is 87.5 Å². The van der Waals surface area contributed by atoms with Crippen LogP contribution in [0.5, 0.6) is 0 Å². The molecule has 0 bridgehead atoms. The van der Waals surface area contributed by atoms with Gasteiger partial charge in [-0.25, -0.2) is 17.9 Å². The number of benzene rings is 3. The van der Waals surface area contributed by atoms with Crippen LogP contribution >= 0.6 is 0 Å². The highest BCUT2D eigenvalue weighted by atomic mass is 32.2. The number of nitrogens with two attached hydrogens (primary N) is 2. The summed E-state index contributed by atoms with van der Waals surface area (Å²) >= 11 is 0. The summed E-state index contributed by atoms with van der Waals surface area (Å²) in [6, 6.07) is 19.8. The first-order valence-corrected chi connectivity index (χ1v) is 16.6. The fraction of sp³-hybridized carbons (Fsp3) is 0.333. The monoisotopic (exact) mass is 665 g/mol. The molecule has 3 aromatic rings. The Balaban J connectivity index is 1.84. The van der Waals surface area contributed by atoms with Gasteiger partial charge in [-0.1, -0.05) is 78.9 Å². The largest absolute Gasteiger partial charge is 0.444 e. The maximum Gasteiger partial charge on any atom is 0.407 e. The summed E-state index contributed by atoms with van der Waals surface area (Å²) in [6.07, 6.45) is -0.779. The molecule has 0 aliphatic rings. The van der Waals surface area contributed by atoms with Crippen LogP contribution in [0.2, 0.25) is 0 Å². The van der Waals surface area contributed by atoms with Gasteiger partial charge in [-0.15, -0.1) is 0 Å². The van der Waals surface area contributed by atoms with Crippen molar-refractivity contribution in [3.05, 3.63) is 107 Å². The Morgan fingerprint density at radius 2 is 1.47 bits per heavy atom. The van der Waals surface area contributed by atoms with E-state index >= 15 is 0 Å². The van der Waals surface area contributed by atoms with E-state index in [2.05, 4.69) is 20.7 Å². The van der Waals surface area contributed by atoms with Gasteiger partial charge in [0.05, 0.1) is 5.75 Å². The molecule has 0 saturated carbocycles. The van der Waals surface area contributed by atoms with Gasteiger partial charge in [0.1, 0.15) is 23.5 Å². The quantitative estimate of drug-likeness (QED) is 0.0935. The number of carbonyl (C=O) groups is 3. The normalized spacial score (nSPS) is 12.8. The Hall–Kier alpha value is -4.79. The number of amides is 3. The average Bonchev–Trinajstić information content (AvgIpc) is 3.01. The number of rotatable bonds is 15. The molecule has 13 nitrogen and oxygen atoms in total. The third-order valence-electron chi connectivity index (χ3n) is 6.72. The summed E-state index contributed by atoms with van der Waals surface area (Å²) in [5.41, 5.74) is 13.8. The van der Waals surface area contributed by atoms with Gasteiger partial charge in [-0.05, 0) is 43.0 Å². The number of carbonyl (C=O) groups excluding carboxylic acids is 3. The third kappa shape index (κ3) is 12.9. The topological polar surface area (TPSA) is 219 Å². The summed E-state index contributed by atoms with van der Waals surface area (Å²) < 4.78 is 33.9. The number of hydrogen-bond acceptors (Lipinski definition) is 8. The third-order valence-corrected chi connectivity index (χ3v) is 8.08. The molecule has 3 rings (SSSR count). The molecule has 3 aromatic carbocycles. The predicted molar refractivity (Wildman–Crippen MR) is 179 cm³/mol. The van der Waals surface area contributed by atoms with E-state index in [1.807, 2.05) is 12.1 Å². The molecule has 0 radical (unpaired) electrons. The van der Waals surface area contributed by atoms with Crippen molar-refractivity contribution in [1.29, 1.82) is 5.41 Å². The van der Waals surface area contributed by atoms with E-state index in [-0.39, 0.29) is 25.3 Å². The minimum Gasteiger partial charge on any atom is -0.444 e. The van der Waals surface area contributed by atoms with Crippen LogP contribution in [0.1, 0.15) is 48.6 Å². The Bertz CT molecular complexity index is 1640. The van der Waals surface area contributed by atoms with Gasteiger partial charge in [0, 0.05) is 31.6 Å². The number of sulfonamides is 1. The molecule has 14 heteroatoms. The highest BCUT2D eigenvalue weighted by Crippen LogP contribution is 2.11. The second-order valence-electron chi connectivity index (χ2n) is 11.9. The smallest absolute Gasteiger partial charge is 0.407 e. The van der Waals surface area contributed by atoms with E-state index in [0.29, 0.717) is 16.7 Å². The maximum absolute atomic E-state index is 13.7. The van der Waals surface area contributed by atoms with E-state index in [1.165, 1.54) is 0 Å². The van der Waals surface area contributed by atoms with Crippen molar-refractivity contribution in [2.45, 2.75) is 63.7 Å². The van der Waals surface area contributed by atoms with E-state index in [4.69, 9.17) is 21.6 Å². The number of alkyl carbamates (subject to hydrolysis) is 1. The Morgan fingerprint density at radius 1 is 0.830 bits per heavy atom. The fourth-order valence-electron chi connectivity index (χ4n) is 4.45. The van der Waals surface area contributed by atoms with Gasteiger partial charge < -0.3 is 32.2 Å². The van der Waals surface area contributed by atoms with Crippen molar-refractivity contribution in [3.63, 3.8) is 0 Å². The van der Waals surface area contributed by atoms with Gasteiger partial charge in [0.15, 0.2) is 0 Å². The lowest BCUT2D eigenvalue weighted by Gasteiger charge is -2.25. The van der Waals surface area contributed by atoms with Crippen LogP contribution in [-0.4, -0.2) is 56.4 Å². The second-order valence-corrected chi connectivity index (χ2v) is 13.7. The molecule has 2 atom stereocenters. The Kier molecular flexibility index (Phi) is 13.0. The van der Waals surface area contributed by atoms with Gasteiger partial charge in [-0.3, -0.25) is 15.0 Å². The summed E-state index contributed by atoms with van der Waals surface area (Å²) in [6.45, 7) is 4.93. The standard InChI is InChI=1S/C33H43N7O6S/c1-33(2,3)46-32(43)38-20-28(40-47(44,45)21-23-8-5-4-6-9-23)31(42)39-27(17-24-10-7-11-25(16-24)18-34)30(41)37-19-22-12-14-26(15-13-22)29(35)36/h4-16,27-28,40H,17-21,34H2,1-3H3,(H3,35,36)(H,37,41)(H,38,43)(H,39,42). The van der Waals surface area contributed by atoms with E-state index < -0.39 is 57.9 Å². The lowest BCUT2D eigenvalue weighted by molar-refractivity contribution is -0.129. The lowest BCUT2D eigenvalue weighted by atomic mass is 10.0. The lowest BCUT2D eigenvalue weighted by Crippen LogP contribution is -2.57. The van der Waals surface area contributed by atoms with E-state index in [0.717, 1.165) is 11.1 Å². The molecule has 2 unspecified atom stereocenters. The van der Waals surface area contributed by atoms with E-state index in [9.17, 15) is 22.8 Å². The van der Waals surface area contributed by atoms with Crippen molar-refractivity contribution in [3.8, 4) is 0 Å². The molecule has 252 valence electrons. The number of nitrogens with one attached hydrogen (secondary N) is 5. The van der Waals surface area contributed by atoms with Gasteiger partial charge in [-0.2, -0.15) is 0 Å². The first-order chi connectivity index (χ1) is 22.1. The van der Waals surface area contributed by atoms with Crippen LogP contribution in [0.4, 0.5) is 4.79 Å². The summed E-state index contributed by atoms with van der Waals surface area (Å²) in [4.78, 5) is 39.7. The minimum absolute atomic E-state index is 0.0671. The van der Waals surface area contributed by atoms with Crippen LogP contribution in [0, 0.1) is 5.41 Å². The van der Waals surface area contributed by atoms with Gasteiger partial charge in [0.2, 0.25) is 21.8 Å². The molecule has 0 spiro atoms. The highest BCUT2D eigenvalue weighted by molar-refractivity contribution is 7.88. The average molecular weight is 666 g/mol. The molecule has 0 fully saturated rings. The van der Waals surface area contributed by atoms with Crippen LogP contribution in [0.3, 0.4) is 0 Å². The van der Waals surface area contributed by atoms with Crippen LogP contribution in [-0.2, 0) is 49.6 Å². The first-order valence-electron chi connectivity index (χ1n) is 14.9. The summed E-state index contributed by atoms with van der Waals surface area (Å²) in [7, 11) is -4.08. The Morgan fingerprint density at radius 3 is 2.09 bits per heavy atom. The van der Waals surface area contributed by atoms with Gasteiger partial charge >= 0.3 is 6.09 Å². The number of nitrogen functional groups attached to an aromatic ring is 1. The second kappa shape index (κ2) is 16.7. The highest BCUT2D eigenvalue weighted by Gasteiger charge is 2.30. The molecular formula is C33H43N7O6S. The number of hydrogen-bond donors (Lipinski definition) is 7. The Labute approximate surface area is 275 Å². The van der Waals surface area contributed by atoms with Crippen molar-refractivity contribution < 1.29 is 27.5 Å².